The number of carbonyl (C=O) groups excluding carboxylic acids is 1. The number of aromatic nitrogens is 3. The highest BCUT2D eigenvalue weighted by Gasteiger charge is 2.37. The fourth-order valence-electron chi connectivity index (χ4n) is 3.95. The third kappa shape index (κ3) is 3.80. The molecule has 6 heteroatoms. The Balaban J connectivity index is 1.73. The second-order valence-electron chi connectivity index (χ2n) is 7.76. The molecule has 1 heterocycles. The fraction of sp³-hybridized carbons (Fsp3) is 0.550. The number of carbonyl (C=O) groups is 1. The van der Waals surface area contributed by atoms with Crippen LogP contribution in [0.4, 0.5) is 0 Å². The van der Waals surface area contributed by atoms with Gasteiger partial charge in [0, 0.05) is 12.1 Å². The zero-order chi connectivity index (χ0) is 18.7. The minimum atomic E-state index is -0.149. The van der Waals surface area contributed by atoms with E-state index in [4.69, 9.17) is 0 Å². The van der Waals surface area contributed by atoms with Crippen LogP contribution in [-0.4, -0.2) is 52.0 Å². The number of hydrogen-bond donors (Lipinski definition) is 1. The molecule has 0 spiro atoms. The predicted molar refractivity (Wildman–Crippen MR) is 102 cm³/mol. The predicted octanol–water partition coefficient (Wildman–Crippen LogP) is 2.82. The minimum absolute atomic E-state index is 0.0245. The first kappa shape index (κ1) is 18.6. The van der Waals surface area contributed by atoms with Crippen molar-refractivity contribution in [2.75, 3.05) is 20.6 Å². The van der Waals surface area contributed by atoms with E-state index in [1.165, 1.54) is 17.6 Å². The zero-order valence-electron chi connectivity index (χ0n) is 16.2. The van der Waals surface area contributed by atoms with Gasteiger partial charge in [0.15, 0.2) is 5.69 Å². The van der Waals surface area contributed by atoms with Crippen LogP contribution in [0, 0.1) is 12.8 Å². The summed E-state index contributed by atoms with van der Waals surface area (Å²) in [6.45, 7) is 4.77. The van der Waals surface area contributed by atoms with Gasteiger partial charge in [0.2, 0.25) is 0 Å². The van der Waals surface area contributed by atoms with Crippen molar-refractivity contribution in [3.05, 3.63) is 41.7 Å². The SMILES string of the molecule is Cc1nn(-c2ccccc2)nc1C(=O)NC[C@]1(N(C)C)CCC[C@@H](C)C1. The summed E-state index contributed by atoms with van der Waals surface area (Å²) in [5.74, 6) is 0.535. The van der Waals surface area contributed by atoms with Crippen molar-refractivity contribution < 1.29 is 4.79 Å². The molecule has 2 atom stereocenters. The lowest BCUT2D eigenvalue weighted by molar-refractivity contribution is 0.0672. The number of amides is 1. The number of nitrogens with zero attached hydrogens (tertiary/aromatic N) is 4. The number of likely N-dealkylation sites (N-methyl/N-ethyl adjacent to an activating group) is 1. The van der Waals surface area contributed by atoms with Crippen LogP contribution in [0.2, 0.25) is 0 Å². The third-order valence-corrected chi connectivity index (χ3v) is 5.58. The van der Waals surface area contributed by atoms with Crippen molar-refractivity contribution >= 4 is 5.91 Å². The van der Waals surface area contributed by atoms with E-state index < -0.39 is 0 Å². The Morgan fingerprint density at radius 3 is 2.69 bits per heavy atom. The molecule has 2 aromatic rings. The molecule has 0 unspecified atom stereocenters. The maximum absolute atomic E-state index is 12.8. The molecule has 1 fully saturated rings. The molecular weight excluding hydrogens is 326 g/mol. The van der Waals surface area contributed by atoms with Gasteiger partial charge in [0.25, 0.3) is 5.91 Å². The van der Waals surface area contributed by atoms with Crippen molar-refractivity contribution in [3.63, 3.8) is 0 Å². The largest absolute Gasteiger partial charge is 0.349 e. The van der Waals surface area contributed by atoms with Crippen molar-refractivity contribution in [3.8, 4) is 5.69 Å². The third-order valence-electron chi connectivity index (χ3n) is 5.58. The van der Waals surface area contributed by atoms with Crippen LogP contribution in [0.15, 0.2) is 30.3 Å². The lowest BCUT2D eigenvalue weighted by atomic mass is 9.75. The fourth-order valence-corrected chi connectivity index (χ4v) is 3.95. The molecule has 6 nitrogen and oxygen atoms in total. The maximum Gasteiger partial charge on any atom is 0.273 e. The topological polar surface area (TPSA) is 63.1 Å². The van der Waals surface area contributed by atoms with Crippen LogP contribution >= 0.6 is 0 Å². The lowest BCUT2D eigenvalue weighted by Gasteiger charge is -2.45. The van der Waals surface area contributed by atoms with Crippen LogP contribution in [-0.2, 0) is 0 Å². The summed E-state index contributed by atoms with van der Waals surface area (Å²) in [5.41, 5.74) is 1.91. The number of aryl methyl sites for hydroxylation is 1. The first-order valence-electron chi connectivity index (χ1n) is 9.36. The summed E-state index contributed by atoms with van der Waals surface area (Å²) >= 11 is 0. The minimum Gasteiger partial charge on any atom is -0.349 e. The number of rotatable bonds is 5. The molecule has 0 aliphatic heterocycles. The number of nitrogens with one attached hydrogen (secondary N) is 1. The Labute approximate surface area is 155 Å². The number of hydrogen-bond acceptors (Lipinski definition) is 4. The highest BCUT2D eigenvalue weighted by Crippen LogP contribution is 2.35. The first-order valence-corrected chi connectivity index (χ1v) is 9.36. The summed E-state index contributed by atoms with van der Waals surface area (Å²) in [6, 6.07) is 9.65. The van der Waals surface area contributed by atoms with Gasteiger partial charge in [0.1, 0.15) is 0 Å². The highest BCUT2D eigenvalue weighted by molar-refractivity contribution is 5.93. The van der Waals surface area contributed by atoms with Gasteiger partial charge in [-0.2, -0.15) is 9.90 Å². The Hall–Kier alpha value is -2.21. The van der Waals surface area contributed by atoms with Gasteiger partial charge >= 0.3 is 0 Å². The Morgan fingerprint density at radius 2 is 2.04 bits per heavy atom. The molecule has 1 aliphatic rings. The van der Waals surface area contributed by atoms with Crippen molar-refractivity contribution in [1.82, 2.24) is 25.2 Å². The molecule has 0 bridgehead atoms. The molecule has 3 rings (SSSR count). The summed E-state index contributed by atoms with van der Waals surface area (Å²) in [6.07, 6.45) is 4.70. The molecule has 1 aromatic heterocycles. The Bertz CT molecular complexity index is 755. The van der Waals surface area contributed by atoms with Gasteiger partial charge in [0.05, 0.1) is 11.4 Å². The molecule has 1 amide bonds. The first-order chi connectivity index (χ1) is 12.4. The molecule has 1 aromatic carbocycles. The molecule has 0 saturated heterocycles. The second kappa shape index (κ2) is 7.58. The average molecular weight is 355 g/mol. The van der Waals surface area contributed by atoms with Gasteiger partial charge in [-0.25, -0.2) is 0 Å². The van der Waals surface area contributed by atoms with E-state index in [0.717, 1.165) is 18.5 Å². The second-order valence-corrected chi connectivity index (χ2v) is 7.76. The van der Waals surface area contributed by atoms with Gasteiger partial charge in [-0.1, -0.05) is 38.0 Å². The van der Waals surface area contributed by atoms with Gasteiger partial charge in [-0.15, -0.1) is 5.10 Å². The summed E-state index contributed by atoms with van der Waals surface area (Å²) in [4.78, 5) is 16.6. The van der Waals surface area contributed by atoms with E-state index >= 15 is 0 Å². The summed E-state index contributed by atoms with van der Waals surface area (Å²) in [5, 5.41) is 11.9. The van der Waals surface area contributed by atoms with Gasteiger partial charge < -0.3 is 10.2 Å². The highest BCUT2D eigenvalue weighted by atomic mass is 16.2. The summed E-state index contributed by atoms with van der Waals surface area (Å²) < 4.78 is 0. The van der Waals surface area contributed by atoms with E-state index in [2.05, 4.69) is 41.4 Å². The standard InChI is InChI=1S/C20H29N5O/c1-15-9-8-12-20(13-15,24(3)4)14-21-19(26)18-16(2)22-25(23-18)17-10-6-5-7-11-17/h5-7,10-11,15H,8-9,12-14H2,1-4H3,(H,21,26)/t15-,20+/m1/s1. The van der Waals surface area contributed by atoms with Crippen molar-refractivity contribution in [2.24, 2.45) is 5.92 Å². The van der Waals surface area contributed by atoms with E-state index in [9.17, 15) is 4.79 Å². The van der Waals surface area contributed by atoms with Crippen molar-refractivity contribution in [1.29, 1.82) is 0 Å². The number of para-hydroxylation sites is 1. The average Bonchev–Trinajstić information content (AvgIpc) is 3.02. The Morgan fingerprint density at radius 1 is 1.31 bits per heavy atom. The summed E-state index contributed by atoms with van der Waals surface area (Å²) in [7, 11) is 4.22. The quantitative estimate of drug-likeness (QED) is 0.896. The van der Waals surface area contributed by atoms with E-state index in [1.807, 2.05) is 37.3 Å². The maximum atomic E-state index is 12.8. The van der Waals surface area contributed by atoms with Crippen LogP contribution in [0.5, 0.6) is 0 Å². The van der Waals surface area contributed by atoms with Gasteiger partial charge in [-0.3, -0.25) is 4.79 Å². The molecular formula is C20H29N5O. The monoisotopic (exact) mass is 355 g/mol. The number of benzene rings is 1. The normalized spacial score (nSPS) is 23.2. The smallest absolute Gasteiger partial charge is 0.273 e. The van der Waals surface area contributed by atoms with E-state index in [-0.39, 0.29) is 11.4 Å². The Kier molecular flexibility index (Phi) is 5.41. The van der Waals surface area contributed by atoms with Crippen LogP contribution in [0.25, 0.3) is 5.69 Å². The molecule has 1 saturated carbocycles. The van der Waals surface area contributed by atoms with Crippen LogP contribution in [0.1, 0.15) is 48.8 Å². The molecule has 1 N–H and O–H groups in total. The van der Waals surface area contributed by atoms with E-state index in [0.29, 0.717) is 23.9 Å². The zero-order valence-corrected chi connectivity index (χ0v) is 16.2. The van der Waals surface area contributed by atoms with Crippen molar-refractivity contribution in [2.45, 2.75) is 45.1 Å². The molecule has 140 valence electrons. The molecule has 26 heavy (non-hydrogen) atoms. The lowest BCUT2D eigenvalue weighted by Crippen LogP contribution is -2.55. The van der Waals surface area contributed by atoms with Crippen LogP contribution in [0.3, 0.4) is 0 Å². The molecule has 1 aliphatic carbocycles. The van der Waals surface area contributed by atoms with E-state index in [1.54, 1.807) is 0 Å². The van der Waals surface area contributed by atoms with Gasteiger partial charge in [-0.05, 0) is 51.9 Å². The van der Waals surface area contributed by atoms with Crippen LogP contribution < -0.4 is 5.32 Å². The molecule has 0 radical (unpaired) electrons.